The van der Waals surface area contributed by atoms with Gasteiger partial charge in [-0.25, -0.2) is 0 Å². The van der Waals surface area contributed by atoms with Crippen molar-refractivity contribution in [2.75, 3.05) is 20.0 Å². The normalized spacial score (nSPS) is 17.7. The zero-order valence-electron chi connectivity index (χ0n) is 19.9. The van der Waals surface area contributed by atoms with Gasteiger partial charge in [-0.3, -0.25) is 4.79 Å². The van der Waals surface area contributed by atoms with Crippen LogP contribution < -0.4 is 9.47 Å². The molecule has 35 heavy (non-hydrogen) atoms. The van der Waals surface area contributed by atoms with Crippen LogP contribution in [-0.2, 0) is 22.4 Å². The Morgan fingerprint density at radius 1 is 1.14 bits per heavy atom. The molecule has 5 nitrogen and oxygen atoms in total. The lowest BCUT2D eigenvalue weighted by molar-refractivity contribution is -0.141. The highest BCUT2D eigenvalue weighted by atomic mass is 32.2. The van der Waals surface area contributed by atoms with Crippen molar-refractivity contribution in [2.45, 2.75) is 42.6 Å². The number of nitriles is 1. The van der Waals surface area contributed by atoms with E-state index in [1.807, 2.05) is 30.3 Å². The number of nitrogens with zero attached hydrogens (tertiary/aromatic N) is 1. The van der Waals surface area contributed by atoms with Crippen LogP contribution in [0, 0.1) is 11.3 Å². The molecular weight excluding hydrogens is 458 g/mol. The molecule has 5 rings (SSSR count). The average molecular weight is 486 g/mol. The summed E-state index contributed by atoms with van der Waals surface area (Å²) in [7, 11) is 1.40. The number of hydrogen-bond acceptors (Lipinski definition) is 6. The third-order valence-corrected chi connectivity index (χ3v) is 7.66. The van der Waals surface area contributed by atoms with E-state index in [0.717, 1.165) is 53.0 Å². The molecule has 0 radical (unpaired) electrons. The highest BCUT2D eigenvalue weighted by Gasteiger charge is 2.30. The first-order chi connectivity index (χ1) is 17.1. The molecule has 6 heteroatoms. The maximum absolute atomic E-state index is 11.7. The van der Waals surface area contributed by atoms with Crippen molar-refractivity contribution >= 4 is 17.7 Å². The molecule has 0 aromatic heterocycles. The van der Waals surface area contributed by atoms with Crippen LogP contribution in [0.15, 0.2) is 59.5 Å². The van der Waals surface area contributed by atoms with E-state index < -0.39 is 0 Å². The standard InChI is InChI=1S/C29H27NO4S/c1-32-29(31)14-20-17-33-28-15-21(6-10-23(20)28)34-27-12-11-24-25(27)9-5-19(16-30)26(24)13-18-3-7-22(35-2)8-4-18/h3-10,15,20,27H,11-14,17H2,1-2H3/t20-,27-/m1/s1. The van der Waals surface area contributed by atoms with Gasteiger partial charge in [-0.15, -0.1) is 11.8 Å². The summed E-state index contributed by atoms with van der Waals surface area (Å²) in [5.74, 6) is 1.29. The van der Waals surface area contributed by atoms with Crippen LogP contribution in [-0.4, -0.2) is 25.9 Å². The molecule has 0 saturated carbocycles. The van der Waals surface area contributed by atoms with E-state index in [4.69, 9.17) is 14.2 Å². The lowest BCUT2D eigenvalue weighted by Crippen LogP contribution is -2.09. The molecule has 2 atom stereocenters. The van der Waals surface area contributed by atoms with Crippen LogP contribution in [0.5, 0.6) is 11.5 Å². The Hall–Kier alpha value is -3.43. The summed E-state index contributed by atoms with van der Waals surface area (Å²) >= 11 is 1.73. The molecule has 1 heterocycles. The van der Waals surface area contributed by atoms with Crippen molar-refractivity contribution in [1.29, 1.82) is 5.26 Å². The first kappa shape index (κ1) is 23.3. The molecule has 0 bridgehead atoms. The second kappa shape index (κ2) is 10.1. The summed E-state index contributed by atoms with van der Waals surface area (Å²) < 4.78 is 17.1. The molecule has 3 aromatic rings. The molecular formula is C29H27NO4S. The third kappa shape index (κ3) is 4.74. The number of rotatable bonds is 7. The van der Waals surface area contributed by atoms with Gasteiger partial charge >= 0.3 is 5.97 Å². The average Bonchev–Trinajstić information content (AvgIpc) is 3.48. The number of carbonyl (C=O) groups is 1. The minimum Gasteiger partial charge on any atom is -0.492 e. The van der Waals surface area contributed by atoms with Crippen molar-refractivity contribution in [2.24, 2.45) is 0 Å². The number of carbonyl (C=O) groups excluding carboxylic acids is 1. The Labute approximate surface area is 210 Å². The van der Waals surface area contributed by atoms with Gasteiger partial charge in [-0.2, -0.15) is 5.26 Å². The maximum Gasteiger partial charge on any atom is 0.306 e. The van der Waals surface area contributed by atoms with Crippen LogP contribution in [0.25, 0.3) is 0 Å². The van der Waals surface area contributed by atoms with Gasteiger partial charge in [-0.05, 0) is 72.0 Å². The van der Waals surface area contributed by atoms with Gasteiger partial charge in [0.05, 0.1) is 31.8 Å². The fourth-order valence-electron chi connectivity index (χ4n) is 5.06. The number of fused-ring (bicyclic) bond motifs is 2. The minimum atomic E-state index is -0.234. The third-order valence-electron chi connectivity index (χ3n) is 6.92. The number of thioether (sulfide) groups is 1. The highest BCUT2D eigenvalue weighted by Crippen LogP contribution is 2.42. The van der Waals surface area contributed by atoms with E-state index in [-0.39, 0.29) is 18.0 Å². The Kier molecular flexibility index (Phi) is 6.70. The molecule has 0 N–H and O–H groups in total. The molecule has 2 aliphatic rings. The largest absolute Gasteiger partial charge is 0.492 e. The van der Waals surface area contributed by atoms with Gasteiger partial charge in [-0.1, -0.05) is 24.3 Å². The fourth-order valence-corrected chi connectivity index (χ4v) is 5.47. The lowest BCUT2D eigenvalue weighted by Gasteiger charge is -2.17. The van der Waals surface area contributed by atoms with Gasteiger partial charge in [0.2, 0.25) is 0 Å². The minimum absolute atomic E-state index is 0.00986. The number of benzene rings is 3. The van der Waals surface area contributed by atoms with Crippen molar-refractivity contribution < 1.29 is 19.0 Å². The monoisotopic (exact) mass is 485 g/mol. The first-order valence-electron chi connectivity index (χ1n) is 11.8. The van der Waals surface area contributed by atoms with Crippen LogP contribution in [0.3, 0.4) is 0 Å². The van der Waals surface area contributed by atoms with E-state index >= 15 is 0 Å². The second-order valence-electron chi connectivity index (χ2n) is 8.93. The van der Waals surface area contributed by atoms with Crippen molar-refractivity contribution in [3.8, 4) is 17.6 Å². The van der Waals surface area contributed by atoms with E-state index in [1.54, 1.807) is 11.8 Å². The van der Waals surface area contributed by atoms with Gasteiger partial charge in [0.15, 0.2) is 0 Å². The molecule has 1 aliphatic carbocycles. The molecule has 0 saturated heterocycles. The Morgan fingerprint density at radius 2 is 1.94 bits per heavy atom. The van der Waals surface area contributed by atoms with Crippen LogP contribution in [0.2, 0.25) is 0 Å². The molecule has 1 aliphatic heterocycles. The van der Waals surface area contributed by atoms with Gasteiger partial charge in [0.25, 0.3) is 0 Å². The predicted molar refractivity (Wildman–Crippen MR) is 135 cm³/mol. The van der Waals surface area contributed by atoms with Crippen LogP contribution in [0.1, 0.15) is 58.2 Å². The van der Waals surface area contributed by atoms with Crippen molar-refractivity contribution in [3.63, 3.8) is 0 Å². The molecule has 0 spiro atoms. The van der Waals surface area contributed by atoms with Gasteiger partial charge < -0.3 is 14.2 Å². The summed E-state index contributed by atoms with van der Waals surface area (Å²) in [6.07, 6.45) is 4.80. The summed E-state index contributed by atoms with van der Waals surface area (Å²) in [5.41, 5.74) is 6.46. The number of hydrogen-bond donors (Lipinski definition) is 0. The van der Waals surface area contributed by atoms with Crippen molar-refractivity contribution in [3.05, 3.63) is 88.0 Å². The molecule has 178 valence electrons. The lowest BCUT2D eigenvalue weighted by atomic mass is 9.92. The Bertz CT molecular complexity index is 1300. The van der Waals surface area contributed by atoms with E-state index in [2.05, 4.69) is 36.6 Å². The molecule has 3 aromatic carbocycles. The van der Waals surface area contributed by atoms with Crippen molar-refractivity contribution in [1.82, 2.24) is 0 Å². The summed E-state index contributed by atoms with van der Waals surface area (Å²) in [4.78, 5) is 12.9. The fraction of sp³-hybridized carbons (Fsp3) is 0.310. The molecule has 0 unspecified atom stereocenters. The second-order valence-corrected chi connectivity index (χ2v) is 9.81. The van der Waals surface area contributed by atoms with Crippen LogP contribution >= 0.6 is 11.8 Å². The summed E-state index contributed by atoms with van der Waals surface area (Å²) in [6.45, 7) is 0.471. The first-order valence-corrected chi connectivity index (χ1v) is 13.0. The molecule has 0 amide bonds. The van der Waals surface area contributed by atoms with Crippen LogP contribution in [0.4, 0.5) is 0 Å². The highest BCUT2D eigenvalue weighted by molar-refractivity contribution is 7.98. The zero-order valence-corrected chi connectivity index (χ0v) is 20.7. The summed E-state index contributed by atoms with van der Waals surface area (Å²) in [6, 6.07) is 20.8. The van der Waals surface area contributed by atoms with E-state index in [1.165, 1.54) is 23.1 Å². The maximum atomic E-state index is 11.7. The molecule has 0 fully saturated rings. The number of ether oxygens (including phenoxy) is 3. The predicted octanol–water partition coefficient (Wildman–Crippen LogP) is 5.98. The number of methoxy groups -OCH3 is 1. The smallest absolute Gasteiger partial charge is 0.306 e. The SMILES string of the molecule is COC(=O)C[C@@H]1COc2cc(O[C@@H]3CCc4c3ccc(C#N)c4Cc3ccc(SC)cc3)ccc21. The Morgan fingerprint density at radius 3 is 2.69 bits per heavy atom. The van der Waals surface area contributed by atoms with Gasteiger partial charge in [0.1, 0.15) is 17.6 Å². The van der Waals surface area contributed by atoms with E-state index in [0.29, 0.717) is 13.0 Å². The number of esters is 1. The Balaban J connectivity index is 1.36. The summed E-state index contributed by atoms with van der Waals surface area (Å²) in [5, 5.41) is 9.76. The van der Waals surface area contributed by atoms with Gasteiger partial charge in [0, 0.05) is 22.4 Å². The topological polar surface area (TPSA) is 68.6 Å². The van der Waals surface area contributed by atoms with E-state index in [9.17, 15) is 10.1 Å². The zero-order chi connectivity index (χ0) is 24.4. The quantitative estimate of drug-likeness (QED) is 0.303.